The third-order valence-electron chi connectivity index (χ3n) is 4.50. The van der Waals surface area contributed by atoms with Gasteiger partial charge in [0.05, 0.1) is 16.8 Å². The lowest BCUT2D eigenvalue weighted by molar-refractivity contribution is 0.366. The molecule has 0 saturated heterocycles. The van der Waals surface area contributed by atoms with Crippen molar-refractivity contribution in [1.82, 2.24) is 14.9 Å². The van der Waals surface area contributed by atoms with Crippen molar-refractivity contribution < 1.29 is 4.52 Å². The van der Waals surface area contributed by atoms with Gasteiger partial charge < -0.3 is 4.52 Å². The molecule has 5 nitrogen and oxygen atoms in total. The van der Waals surface area contributed by atoms with Gasteiger partial charge in [-0.1, -0.05) is 41.1 Å². The molecule has 0 spiro atoms. The highest BCUT2D eigenvalue weighted by atomic mass is 16.5. The number of aromatic nitrogens is 3. The van der Waals surface area contributed by atoms with Crippen LogP contribution in [-0.2, 0) is 6.54 Å². The van der Waals surface area contributed by atoms with Crippen LogP contribution in [0.3, 0.4) is 0 Å². The number of hydrogen-bond donors (Lipinski definition) is 0. The van der Waals surface area contributed by atoms with E-state index in [-0.39, 0.29) is 12.1 Å². The quantitative estimate of drug-likeness (QED) is 0.562. The molecule has 0 unspecified atom stereocenters. The van der Waals surface area contributed by atoms with Crippen molar-refractivity contribution >= 4 is 10.8 Å². The highest BCUT2D eigenvalue weighted by molar-refractivity contribution is 5.94. The first-order valence-electron chi connectivity index (χ1n) is 8.52. The van der Waals surface area contributed by atoms with Crippen LogP contribution in [0.4, 0.5) is 0 Å². The van der Waals surface area contributed by atoms with Gasteiger partial charge in [-0.15, -0.1) is 0 Å². The lowest BCUT2D eigenvalue weighted by Gasteiger charge is -2.12. The molecule has 0 aliphatic rings. The van der Waals surface area contributed by atoms with E-state index >= 15 is 0 Å². The van der Waals surface area contributed by atoms with Gasteiger partial charge in [0.15, 0.2) is 5.76 Å². The monoisotopic (exact) mass is 345 g/mol. The molecule has 130 valence electrons. The molecule has 0 bridgehead atoms. The molecular formula is C21H19N3O2. The number of benzene rings is 2. The van der Waals surface area contributed by atoms with Crippen LogP contribution in [0.5, 0.6) is 0 Å². The largest absolute Gasteiger partial charge is 0.359 e. The van der Waals surface area contributed by atoms with E-state index in [4.69, 9.17) is 9.62 Å². The van der Waals surface area contributed by atoms with Crippen molar-refractivity contribution in [2.45, 2.75) is 27.3 Å². The van der Waals surface area contributed by atoms with Crippen molar-refractivity contribution in [3.63, 3.8) is 0 Å². The van der Waals surface area contributed by atoms with Crippen LogP contribution in [0.15, 0.2) is 57.8 Å². The second kappa shape index (κ2) is 6.26. The minimum Gasteiger partial charge on any atom is -0.359 e. The van der Waals surface area contributed by atoms with Gasteiger partial charge in [-0.2, -0.15) is 5.10 Å². The summed E-state index contributed by atoms with van der Waals surface area (Å²) in [4.78, 5) is 12.9. The number of rotatable bonds is 3. The summed E-state index contributed by atoms with van der Waals surface area (Å²) in [6, 6.07) is 15.7. The van der Waals surface area contributed by atoms with Crippen LogP contribution in [0.25, 0.3) is 22.0 Å². The molecule has 2 aromatic heterocycles. The van der Waals surface area contributed by atoms with Gasteiger partial charge in [0, 0.05) is 17.0 Å². The standard InChI is InChI=1S/C21H19N3O2/c1-13-8-9-14(2)19(10-13)20-17-6-4-5-7-18(17)21(25)24(22-20)12-16-11-15(3)23-26-16/h4-11H,12H2,1-3H3. The average molecular weight is 345 g/mol. The summed E-state index contributed by atoms with van der Waals surface area (Å²) in [5.41, 5.74) is 4.75. The van der Waals surface area contributed by atoms with E-state index in [0.29, 0.717) is 11.1 Å². The van der Waals surface area contributed by atoms with Gasteiger partial charge in [0.25, 0.3) is 5.56 Å². The zero-order chi connectivity index (χ0) is 18.3. The lowest BCUT2D eigenvalue weighted by atomic mass is 9.99. The Balaban J connectivity index is 1.98. The molecule has 0 saturated carbocycles. The summed E-state index contributed by atoms with van der Waals surface area (Å²) in [6.07, 6.45) is 0. The molecule has 5 heteroatoms. The normalized spacial score (nSPS) is 11.2. The molecule has 0 aliphatic heterocycles. The Morgan fingerprint density at radius 3 is 2.50 bits per heavy atom. The van der Waals surface area contributed by atoms with Gasteiger partial charge in [0.1, 0.15) is 6.54 Å². The highest BCUT2D eigenvalue weighted by Crippen LogP contribution is 2.28. The van der Waals surface area contributed by atoms with E-state index in [1.165, 1.54) is 4.68 Å². The molecule has 2 aromatic carbocycles. The Bertz CT molecular complexity index is 1170. The number of nitrogens with zero attached hydrogens (tertiary/aromatic N) is 3. The van der Waals surface area contributed by atoms with Crippen molar-refractivity contribution in [3.8, 4) is 11.3 Å². The Morgan fingerprint density at radius 2 is 1.77 bits per heavy atom. The smallest absolute Gasteiger partial charge is 0.275 e. The minimum absolute atomic E-state index is 0.135. The van der Waals surface area contributed by atoms with Gasteiger partial charge in [0.2, 0.25) is 0 Å². The van der Waals surface area contributed by atoms with Crippen molar-refractivity contribution in [3.05, 3.63) is 81.5 Å². The van der Waals surface area contributed by atoms with Gasteiger partial charge >= 0.3 is 0 Å². The second-order valence-corrected chi connectivity index (χ2v) is 6.61. The Labute approximate surface area is 150 Å². The third kappa shape index (κ3) is 2.81. The van der Waals surface area contributed by atoms with Crippen LogP contribution < -0.4 is 5.56 Å². The fourth-order valence-corrected chi connectivity index (χ4v) is 3.17. The van der Waals surface area contributed by atoms with Crippen molar-refractivity contribution in [2.24, 2.45) is 0 Å². The van der Waals surface area contributed by atoms with E-state index in [1.807, 2.05) is 37.3 Å². The first-order chi connectivity index (χ1) is 12.5. The molecule has 4 aromatic rings. The van der Waals surface area contributed by atoms with Crippen LogP contribution in [-0.4, -0.2) is 14.9 Å². The van der Waals surface area contributed by atoms with Crippen molar-refractivity contribution in [2.75, 3.05) is 0 Å². The van der Waals surface area contributed by atoms with E-state index in [0.717, 1.165) is 33.5 Å². The van der Waals surface area contributed by atoms with E-state index < -0.39 is 0 Å². The van der Waals surface area contributed by atoms with Crippen molar-refractivity contribution in [1.29, 1.82) is 0 Å². The summed E-state index contributed by atoms with van der Waals surface area (Å²) < 4.78 is 6.73. The number of hydrogen-bond acceptors (Lipinski definition) is 4. The highest BCUT2D eigenvalue weighted by Gasteiger charge is 2.15. The Kier molecular flexibility index (Phi) is 3.92. The van der Waals surface area contributed by atoms with Crippen LogP contribution in [0.1, 0.15) is 22.6 Å². The molecule has 26 heavy (non-hydrogen) atoms. The Morgan fingerprint density at radius 1 is 1.00 bits per heavy atom. The summed E-state index contributed by atoms with van der Waals surface area (Å²) in [5.74, 6) is 0.610. The SMILES string of the molecule is Cc1ccc(C)c(-c2nn(Cc3cc(C)no3)c(=O)c3ccccc23)c1. The number of aryl methyl sites for hydroxylation is 3. The zero-order valence-electron chi connectivity index (χ0n) is 15.0. The van der Waals surface area contributed by atoms with E-state index in [1.54, 1.807) is 0 Å². The van der Waals surface area contributed by atoms with Crippen LogP contribution >= 0.6 is 0 Å². The molecule has 0 N–H and O–H groups in total. The fourth-order valence-electron chi connectivity index (χ4n) is 3.17. The molecule has 0 radical (unpaired) electrons. The van der Waals surface area contributed by atoms with E-state index in [2.05, 4.69) is 37.2 Å². The maximum absolute atomic E-state index is 12.9. The molecule has 0 aliphatic carbocycles. The summed E-state index contributed by atoms with van der Waals surface area (Å²) in [7, 11) is 0. The Hall–Kier alpha value is -3.21. The third-order valence-corrected chi connectivity index (χ3v) is 4.50. The molecule has 0 atom stereocenters. The molecule has 2 heterocycles. The maximum atomic E-state index is 12.9. The molecule has 4 rings (SSSR count). The molecule has 0 fully saturated rings. The van der Waals surface area contributed by atoms with E-state index in [9.17, 15) is 4.79 Å². The van der Waals surface area contributed by atoms with Crippen LogP contribution in [0.2, 0.25) is 0 Å². The van der Waals surface area contributed by atoms with Gasteiger partial charge in [-0.3, -0.25) is 4.79 Å². The second-order valence-electron chi connectivity index (χ2n) is 6.61. The van der Waals surface area contributed by atoms with Crippen LogP contribution in [0, 0.1) is 20.8 Å². The minimum atomic E-state index is -0.135. The predicted octanol–water partition coefficient (Wildman–Crippen LogP) is 4.03. The first kappa shape index (κ1) is 16.3. The summed E-state index contributed by atoms with van der Waals surface area (Å²) in [5, 5.41) is 10.1. The maximum Gasteiger partial charge on any atom is 0.275 e. The van der Waals surface area contributed by atoms with Gasteiger partial charge in [-0.25, -0.2) is 4.68 Å². The summed E-state index contributed by atoms with van der Waals surface area (Å²) >= 11 is 0. The molecular weight excluding hydrogens is 326 g/mol. The first-order valence-corrected chi connectivity index (χ1v) is 8.52. The average Bonchev–Trinajstić information content (AvgIpc) is 3.05. The lowest BCUT2D eigenvalue weighted by Crippen LogP contribution is -2.24. The fraction of sp³-hybridized carbons (Fsp3) is 0.190. The topological polar surface area (TPSA) is 60.9 Å². The molecule has 0 amide bonds. The van der Waals surface area contributed by atoms with Gasteiger partial charge in [-0.05, 0) is 38.5 Å². The number of fused-ring (bicyclic) bond motifs is 1. The zero-order valence-corrected chi connectivity index (χ0v) is 15.0. The predicted molar refractivity (Wildman–Crippen MR) is 101 cm³/mol. The summed E-state index contributed by atoms with van der Waals surface area (Å²) in [6.45, 7) is 6.21.